The summed E-state index contributed by atoms with van der Waals surface area (Å²) in [6.07, 6.45) is 2.62. The van der Waals surface area contributed by atoms with Gasteiger partial charge in [-0.3, -0.25) is 0 Å². The molecule has 0 unspecified atom stereocenters. The SMILES string of the molecule is N[C@@H]1CC[C@@H]2SCCS[C@H]12. The number of rotatable bonds is 0. The van der Waals surface area contributed by atoms with Crippen LogP contribution in [0.15, 0.2) is 0 Å². The largest absolute Gasteiger partial charge is 0.327 e. The van der Waals surface area contributed by atoms with Crippen LogP contribution in [0.3, 0.4) is 0 Å². The summed E-state index contributed by atoms with van der Waals surface area (Å²) in [5, 5.41) is 1.69. The van der Waals surface area contributed by atoms with Gasteiger partial charge in [0, 0.05) is 28.0 Å². The number of hydrogen-bond acceptors (Lipinski definition) is 3. The van der Waals surface area contributed by atoms with E-state index in [0.29, 0.717) is 6.04 Å². The Morgan fingerprint density at radius 3 is 2.70 bits per heavy atom. The van der Waals surface area contributed by atoms with Crippen LogP contribution in [0.25, 0.3) is 0 Å². The molecule has 2 aliphatic rings. The number of fused-ring (bicyclic) bond motifs is 1. The normalized spacial score (nSPS) is 47.1. The zero-order valence-corrected chi connectivity index (χ0v) is 7.59. The lowest BCUT2D eigenvalue weighted by atomic mass is 10.3. The van der Waals surface area contributed by atoms with Crippen molar-refractivity contribution in [3.8, 4) is 0 Å². The molecule has 0 spiro atoms. The molecule has 3 atom stereocenters. The summed E-state index contributed by atoms with van der Waals surface area (Å²) in [6, 6.07) is 0.503. The fourth-order valence-corrected chi connectivity index (χ4v) is 5.00. The highest BCUT2D eigenvalue weighted by Crippen LogP contribution is 2.40. The van der Waals surface area contributed by atoms with Gasteiger partial charge < -0.3 is 5.73 Å². The Hall–Kier alpha value is 0.660. The molecule has 1 aliphatic carbocycles. The first kappa shape index (κ1) is 7.32. The van der Waals surface area contributed by atoms with Crippen LogP contribution in [0.2, 0.25) is 0 Å². The van der Waals surface area contributed by atoms with Crippen LogP contribution in [0.5, 0.6) is 0 Å². The Labute approximate surface area is 70.5 Å². The Morgan fingerprint density at radius 2 is 1.90 bits per heavy atom. The van der Waals surface area contributed by atoms with Gasteiger partial charge in [0.2, 0.25) is 0 Å². The monoisotopic (exact) mass is 175 g/mol. The maximum atomic E-state index is 5.96. The van der Waals surface area contributed by atoms with Crippen molar-refractivity contribution in [1.29, 1.82) is 0 Å². The smallest absolute Gasteiger partial charge is 0.0318 e. The van der Waals surface area contributed by atoms with E-state index in [1.165, 1.54) is 24.3 Å². The van der Waals surface area contributed by atoms with Crippen LogP contribution in [-0.2, 0) is 0 Å². The van der Waals surface area contributed by atoms with Crippen molar-refractivity contribution >= 4 is 23.5 Å². The number of thioether (sulfide) groups is 2. The van der Waals surface area contributed by atoms with E-state index in [2.05, 4.69) is 23.5 Å². The summed E-state index contributed by atoms with van der Waals surface area (Å²) in [7, 11) is 0. The van der Waals surface area contributed by atoms with Gasteiger partial charge >= 0.3 is 0 Å². The highest BCUT2D eigenvalue weighted by molar-refractivity contribution is 8.07. The summed E-state index contributed by atoms with van der Waals surface area (Å²) >= 11 is 4.23. The Balaban J connectivity index is 2.01. The zero-order valence-electron chi connectivity index (χ0n) is 5.95. The second-order valence-electron chi connectivity index (χ2n) is 2.99. The lowest BCUT2D eigenvalue weighted by molar-refractivity contribution is 0.716. The molecular weight excluding hydrogens is 162 g/mol. The van der Waals surface area contributed by atoms with Crippen molar-refractivity contribution in [1.82, 2.24) is 0 Å². The van der Waals surface area contributed by atoms with E-state index in [9.17, 15) is 0 Å². The standard InChI is InChI=1S/C7H13NS2/c8-5-1-2-6-7(5)10-4-3-9-6/h5-7H,1-4,8H2/t5-,6+,7-/m1/s1. The fourth-order valence-electron chi connectivity index (χ4n) is 1.75. The minimum absolute atomic E-state index is 0.503. The minimum Gasteiger partial charge on any atom is -0.327 e. The quantitative estimate of drug-likeness (QED) is 0.601. The predicted molar refractivity (Wildman–Crippen MR) is 49.7 cm³/mol. The first-order valence-electron chi connectivity index (χ1n) is 3.87. The molecule has 2 fully saturated rings. The van der Waals surface area contributed by atoms with Gasteiger partial charge in [0.05, 0.1) is 0 Å². The maximum Gasteiger partial charge on any atom is 0.0318 e. The van der Waals surface area contributed by atoms with Crippen molar-refractivity contribution in [2.75, 3.05) is 11.5 Å². The van der Waals surface area contributed by atoms with Crippen LogP contribution in [0.4, 0.5) is 0 Å². The Morgan fingerprint density at radius 1 is 1.10 bits per heavy atom. The summed E-state index contributed by atoms with van der Waals surface area (Å²) in [6.45, 7) is 0. The molecule has 0 radical (unpaired) electrons. The molecule has 0 amide bonds. The first-order valence-corrected chi connectivity index (χ1v) is 5.96. The topological polar surface area (TPSA) is 26.0 Å². The highest BCUT2D eigenvalue weighted by Gasteiger charge is 2.36. The van der Waals surface area contributed by atoms with Gasteiger partial charge in [-0.25, -0.2) is 0 Å². The minimum atomic E-state index is 0.503. The lowest BCUT2D eigenvalue weighted by Gasteiger charge is -2.26. The molecule has 0 aromatic heterocycles. The van der Waals surface area contributed by atoms with Gasteiger partial charge in [-0.05, 0) is 12.8 Å². The van der Waals surface area contributed by atoms with Gasteiger partial charge in [-0.1, -0.05) is 0 Å². The second kappa shape index (κ2) is 2.95. The summed E-state index contributed by atoms with van der Waals surface area (Å²) < 4.78 is 0. The molecule has 1 aliphatic heterocycles. The third-order valence-electron chi connectivity index (χ3n) is 2.30. The van der Waals surface area contributed by atoms with Crippen LogP contribution in [0, 0.1) is 0 Å². The molecule has 2 rings (SSSR count). The molecule has 0 aromatic rings. The van der Waals surface area contributed by atoms with E-state index >= 15 is 0 Å². The van der Waals surface area contributed by atoms with E-state index in [4.69, 9.17) is 5.73 Å². The molecule has 1 saturated heterocycles. The Bertz CT molecular complexity index is 127. The van der Waals surface area contributed by atoms with E-state index in [0.717, 1.165) is 10.5 Å². The molecule has 2 N–H and O–H groups in total. The Kier molecular flexibility index (Phi) is 2.16. The van der Waals surface area contributed by atoms with Gasteiger partial charge in [-0.15, -0.1) is 0 Å². The summed E-state index contributed by atoms with van der Waals surface area (Å²) in [5.74, 6) is 2.66. The third-order valence-corrected chi connectivity index (χ3v) is 5.63. The molecule has 58 valence electrons. The van der Waals surface area contributed by atoms with Gasteiger partial charge in [0.15, 0.2) is 0 Å². The molecule has 1 heterocycles. The van der Waals surface area contributed by atoms with Gasteiger partial charge in [0.1, 0.15) is 0 Å². The first-order chi connectivity index (χ1) is 4.88. The molecule has 1 saturated carbocycles. The third kappa shape index (κ3) is 1.19. The van der Waals surface area contributed by atoms with Crippen LogP contribution < -0.4 is 5.73 Å². The van der Waals surface area contributed by atoms with Crippen molar-refractivity contribution in [3.63, 3.8) is 0 Å². The van der Waals surface area contributed by atoms with Crippen molar-refractivity contribution in [2.45, 2.75) is 29.4 Å². The van der Waals surface area contributed by atoms with Crippen molar-refractivity contribution < 1.29 is 0 Å². The molecule has 1 nitrogen and oxygen atoms in total. The molecule has 10 heavy (non-hydrogen) atoms. The summed E-state index contributed by atoms with van der Waals surface area (Å²) in [5.41, 5.74) is 5.96. The van der Waals surface area contributed by atoms with E-state index < -0.39 is 0 Å². The molecular formula is C7H13NS2. The zero-order chi connectivity index (χ0) is 6.97. The maximum absolute atomic E-state index is 5.96. The van der Waals surface area contributed by atoms with E-state index in [-0.39, 0.29) is 0 Å². The number of hydrogen-bond donors (Lipinski definition) is 1. The lowest BCUT2D eigenvalue weighted by Crippen LogP contribution is -2.34. The fraction of sp³-hybridized carbons (Fsp3) is 1.00. The van der Waals surface area contributed by atoms with Crippen LogP contribution in [-0.4, -0.2) is 28.0 Å². The summed E-state index contributed by atoms with van der Waals surface area (Å²) in [4.78, 5) is 0. The van der Waals surface area contributed by atoms with Crippen molar-refractivity contribution in [3.05, 3.63) is 0 Å². The van der Waals surface area contributed by atoms with Crippen molar-refractivity contribution in [2.24, 2.45) is 5.73 Å². The predicted octanol–water partition coefficient (Wildman–Crippen LogP) is 1.32. The average Bonchev–Trinajstić information content (AvgIpc) is 2.34. The number of nitrogens with two attached hydrogens (primary N) is 1. The average molecular weight is 175 g/mol. The molecule has 3 heteroatoms. The van der Waals surface area contributed by atoms with Gasteiger partial charge in [-0.2, -0.15) is 23.5 Å². The van der Waals surface area contributed by atoms with Gasteiger partial charge in [0.25, 0.3) is 0 Å². The van der Waals surface area contributed by atoms with Crippen LogP contribution in [0.1, 0.15) is 12.8 Å². The van der Waals surface area contributed by atoms with E-state index in [1.807, 2.05) is 0 Å². The van der Waals surface area contributed by atoms with Crippen LogP contribution >= 0.6 is 23.5 Å². The van der Waals surface area contributed by atoms with E-state index in [1.54, 1.807) is 0 Å². The highest BCUT2D eigenvalue weighted by atomic mass is 32.2. The molecule has 0 bridgehead atoms. The molecule has 0 aromatic carbocycles. The second-order valence-corrected chi connectivity index (χ2v) is 5.62.